The molecule has 6 heteroatoms. The fourth-order valence-corrected chi connectivity index (χ4v) is 2.56. The summed E-state index contributed by atoms with van der Waals surface area (Å²) in [5.41, 5.74) is 8.16. The van der Waals surface area contributed by atoms with E-state index in [0.717, 1.165) is 31.6 Å². The van der Waals surface area contributed by atoms with Gasteiger partial charge < -0.3 is 25.3 Å². The second-order valence-electron chi connectivity index (χ2n) is 6.14. The molecule has 0 radical (unpaired) electrons. The van der Waals surface area contributed by atoms with Gasteiger partial charge in [0.2, 0.25) is 0 Å². The predicted molar refractivity (Wildman–Crippen MR) is 94.9 cm³/mol. The lowest BCUT2D eigenvalue weighted by molar-refractivity contribution is -0.0390. The second kappa shape index (κ2) is 10.3. The maximum absolute atomic E-state index is 5.92. The molecule has 2 rings (SSSR count). The third kappa shape index (κ3) is 6.86. The molecule has 24 heavy (non-hydrogen) atoms. The van der Waals surface area contributed by atoms with Gasteiger partial charge in [-0.3, -0.25) is 0 Å². The number of nitrogens with one attached hydrogen (secondary N) is 1. The number of methoxy groups -OCH3 is 1. The Bertz CT molecular complexity index is 499. The van der Waals surface area contributed by atoms with Crippen molar-refractivity contribution in [2.75, 3.05) is 26.9 Å². The average Bonchev–Trinajstić information content (AvgIpc) is 2.60. The van der Waals surface area contributed by atoms with Gasteiger partial charge in [0.25, 0.3) is 0 Å². The van der Waals surface area contributed by atoms with Gasteiger partial charge in [-0.05, 0) is 30.9 Å². The predicted octanol–water partition coefficient (Wildman–Crippen LogP) is 1.82. The van der Waals surface area contributed by atoms with Crippen LogP contribution in [-0.2, 0) is 27.4 Å². The van der Waals surface area contributed by atoms with Gasteiger partial charge in [-0.2, -0.15) is 0 Å². The number of ether oxygens (including phenoxy) is 3. The van der Waals surface area contributed by atoms with E-state index in [0.29, 0.717) is 31.8 Å². The number of hydrogen-bond donors (Lipinski definition) is 2. The molecule has 0 saturated carbocycles. The molecule has 1 unspecified atom stereocenters. The number of nitrogens with zero attached hydrogens (tertiary/aromatic N) is 1. The highest BCUT2D eigenvalue weighted by Crippen LogP contribution is 2.14. The van der Waals surface area contributed by atoms with Gasteiger partial charge in [0, 0.05) is 26.4 Å². The Morgan fingerprint density at radius 1 is 1.29 bits per heavy atom. The van der Waals surface area contributed by atoms with Gasteiger partial charge in [0.1, 0.15) is 0 Å². The van der Waals surface area contributed by atoms with E-state index < -0.39 is 0 Å². The molecule has 1 atom stereocenters. The van der Waals surface area contributed by atoms with Gasteiger partial charge in [-0.15, -0.1) is 0 Å². The van der Waals surface area contributed by atoms with Crippen LogP contribution in [0.15, 0.2) is 29.3 Å². The van der Waals surface area contributed by atoms with Crippen LogP contribution in [0.1, 0.15) is 30.9 Å². The second-order valence-corrected chi connectivity index (χ2v) is 6.14. The Kier molecular flexibility index (Phi) is 8.01. The van der Waals surface area contributed by atoms with Crippen LogP contribution in [0.3, 0.4) is 0 Å². The molecule has 1 fully saturated rings. The van der Waals surface area contributed by atoms with Gasteiger partial charge in [-0.1, -0.05) is 24.3 Å². The van der Waals surface area contributed by atoms with Crippen molar-refractivity contribution in [3.8, 4) is 0 Å². The largest absolute Gasteiger partial charge is 0.383 e. The summed E-state index contributed by atoms with van der Waals surface area (Å²) in [4.78, 5) is 4.35. The van der Waals surface area contributed by atoms with Crippen molar-refractivity contribution in [2.24, 2.45) is 10.7 Å². The van der Waals surface area contributed by atoms with Crippen molar-refractivity contribution in [1.82, 2.24) is 5.32 Å². The first-order valence-electron chi connectivity index (χ1n) is 8.50. The first-order chi connectivity index (χ1) is 11.7. The Hall–Kier alpha value is -1.63. The molecule has 3 N–H and O–H groups in total. The van der Waals surface area contributed by atoms with Crippen LogP contribution >= 0.6 is 0 Å². The van der Waals surface area contributed by atoms with Crippen molar-refractivity contribution in [1.29, 1.82) is 0 Å². The molecule has 1 saturated heterocycles. The van der Waals surface area contributed by atoms with Crippen LogP contribution < -0.4 is 11.1 Å². The number of aliphatic imine (C=N–C) groups is 1. The lowest BCUT2D eigenvalue weighted by Gasteiger charge is -2.22. The molecule has 6 nitrogen and oxygen atoms in total. The van der Waals surface area contributed by atoms with Crippen molar-refractivity contribution in [3.05, 3.63) is 35.4 Å². The first kappa shape index (κ1) is 18.7. The monoisotopic (exact) mass is 335 g/mol. The van der Waals surface area contributed by atoms with E-state index in [4.69, 9.17) is 19.9 Å². The zero-order valence-electron chi connectivity index (χ0n) is 14.7. The standard InChI is InChI=1S/C18H29N3O3/c1-14(12-22-2)21-18(19)20-11-15-3-5-16(6-4-15)13-24-17-7-9-23-10-8-17/h3-6,14,17H,7-13H2,1-2H3,(H3,19,20,21). The van der Waals surface area contributed by atoms with Crippen LogP contribution in [0, 0.1) is 0 Å². The average molecular weight is 335 g/mol. The van der Waals surface area contributed by atoms with Crippen LogP contribution in [0.4, 0.5) is 0 Å². The normalized spacial score (nSPS) is 17.7. The van der Waals surface area contributed by atoms with Gasteiger partial charge in [0.15, 0.2) is 5.96 Å². The summed E-state index contributed by atoms with van der Waals surface area (Å²) in [5, 5.41) is 3.09. The molecular formula is C18H29N3O3. The Balaban J connectivity index is 1.74. The highest BCUT2D eigenvalue weighted by Gasteiger charge is 2.13. The fourth-order valence-electron chi connectivity index (χ4n) is 2.56. The molecule has 1 aromatic carbocycles. The summed E-state index contributed by atoms with van der Waals surface area (Å²) >= 11 is 0. The fraction of sp³-hybridized carbons (Fsp3) is 0.611. The molecule has 134 valence electrons. The van der Waals surface area contributed by atoms with Crippen molar-refractivity contribution in [3.63, 3.8) is 0 Å². The topological polar surface area (TPSA) is 78.1 Å². The maximum atomic E-state index is 5.92. The number of nitrogens with two attached hydrogens (primary N) is 1. The summed E-state index contributed by atoms with van der Waals surface area (Å²) in [5.74, 6) is 0.437. The quantitative estimate of drug-likeness (QED) is 0.560. The highest BCUT2D eigenvalue weighted by molar-refractivity contribution is 5.78. The molecule has 1 aliphatic heterocycles. The van der Waals surface area contributed by atoms with Crippen molar-refractivity contribution < 1.29 is 14.2 Å². The van der Waals surface area contributed by atoms with Gasteiger partial charge in [-0.25, -0.2) is 4.99 Å². The number of hydrogen-bond acceptors (Lipinski definition) is 4. The van der Waals surface area contributed by atoms with Crippen molar-refractivity contribution >= 4 is 5.96 Å². The summed E-state index contributed by atoms with van der Waals surface area (Å²) in [6, 6.07) is 8.45. The molecule has 0 amide bonds. The van der Waals surface area contributed by atoms with E-state index in [2.05, 4.69) is 34.6 Å². The third-order valence-electron chi connectivity index (χ3n) is 3.92. The van der Waals surface area contributed by atoms with E-state index in [9.17, 15) is 0 Å². The first-order valence-corrected chi connectivity index (χ1v) is 8.50. The molecule has 0 spiro atoms. The maximum Gasteiger partial charge on any atom is 0.189 e. The summed E-state index contributed by atoms with van der Waals surface area (Å²) in [7, 11) is 1.67. The summed E-state index contributed by atoms with van der Waals surface area (Å²) in [6.07, 6.45) is 2.30. The lowest BCUT2D eigenvalue weighted by Crippen LogP contribution is -2.40. The SMILES string of the molecule is COCC(C)NC(N)=NCc1ccc(COC2CCOCC2)cc1. The minimum atomic E-state index is 0.142. The van der Waals surface area contributed by atoms with Crippen LogP contribution in [0.2, 0.25) is 0 Å². The molecule has 0 aliphatic carbocycles. The molecular weight excluding hydrogens is 306 g/mol. The summed E-state index contributed by atoms with van der Waals surface area (Å²) in [6.45, 7) is 5.41. The van der Waals surface area contributed by atoms with E-state index >= 15 is 0 Å². The molecule has 0 aromatic heterocycles. The zero-order valence-corrected chi connectivity index (χ0v) is 14.7. The smallest absolute Gasteiger partial charge is 0.189 e. The minimum Gasteiger partial charge on any atom is -0.383 e. The molecule has 1 aliphatic rings. The van der Waals surface area contributed by atoms with Crippen LogP contribution in [0.25, 0.3) is 0 Å². The Morgan fingerprint density at radius 3 is 2.62 bits per heavy atom. The minimum absolute atomic E-state index is 0.142. The highest BCUT2D eigenvalue weighted by atomic mass is 16.5. The molecule has 1 aromatic rings. The third-order valence-corrected chi connectivity index (χ3v) is 3.92. The number of rotatable bonds is 8. The lowest BCUT2D eigenvalue weighted by atomic mass is 10.1. The zero-order chi connectivity index (χ0) is 17.2. The molecule has 0 bridgehead atoms. The van der Waals surface area contributed by atoms with Crippen LogP contribution in [0.5, 0.6) is 0 Å². The van der Waals surface area contributed by atoms with E-state index in [-0.39, 0.29) is 6.04 Å². The van der Waals surface area contributed by atoms with E-state index in [1.54, 1.807) is 7.11 Å². The number of benzene rings is 1. The Morgan fingerprint density at radius 2 is 1.96 bits per heavy atom. The van der Waals surface area contributed by atoms with Crippen molar-refractivity contribution in [2.45, 2.75) is 45.1 Å². The molecule has 1 heterocycles. The van der Waals surface area contributed by atoms with Gasteiger partial charge >= 0.3 is 0 Å². The Labute approximate surface area is 144 Å². The van der Waals surface area contributed by atoms with E-state index in [1.165, 1.54) is 5.56 Å². The summed E-state index contributed by atoms with van der Waals surface area (Å²) < 4.78 is 16.3. The number of guanidine groups is 1. The van der Waals surface area contributed by atoms with E-state index in [1.807, 2.05) is 6.92 Å². The van der Waals surface area contributed by atoms with Crippen LogP contribution in [-0.4, -0.2) is 45.0 Å². The van der Waals surface area contributed by atoms with Gasteiger partial charge in [0.05, 0.1) is 25.9 Å².